The Hall–Kier alpha value is 0.0169. The molecule has 0 aromatic carbocycles. The van der Waals surface area contributed by atoms with E-state index in [0.717, 1.165) is 0 Å². The molecule has 0 heterocycles. The van der Waals surface area contributed by atoms with Crippen molar-refractivity contribution >= 4 is 8.80 Å². The molecule has 0 rings (SSSR count). The smallest absolute Gasteiger partial charge is 0.374 e. The maximum absolute atomic E-state index is 5.79. The van der Waals surface area contributed by atoms with Crippen LogP contribution in [0.15, 0.2) is 0 Å². The van der Waals surface area contributed by atoms with Crippen molar-refractivity contribution in [2.75, 3.05) is 33.0 Å². The molecule has 2 N–H and O–H groups in total. The van der Waals surface area contributed by atoms with Gasteiger partial charge in [-0.3, -0.25) is 0 Å². The van der Waals surface area contributed by atoms with Crippen LogP contribution in [-0.2, 0) is 18.0 Å². The lowest BCUT2D eigenvalue weighted by atomic mass is 10.4. The van der Waals surface area contributed by atoms with Crippen LogP contribution in [0.4, 0.5) is 0 Å². The summed E-state index contributed by atoms with van der Waals surface area (Å²) < 4.78 is 23.1. The summed E-state index contributed by atoms with van der Waals surface area (Å²) in [6.07, 6.45) is 0.695. The molecule has 0 bridgehead atoms. The zero-order valence-corrected chi connectivity index (χ0v) is 12.5. The first-order valence-electron chi connectivity index (χ1n) is 6.44. The summed E-state index contributed by atoms with van der Waals surface area (Å²) in [4.78, 5) is 0. The number of hydrogen-bond donors (Lipinski definition) is 1. The Kier molecular flexibility index (Phi) is 10.00. The predicted molar refractivity (Wildman–Crippen MR) is 69.7 cm³/mol. The van der Waals surface area contributed by atoms with Gasteiger partial charge in [0, 0.05) is 26.4 Å². The van der Waals surface area contributed by atoms with Gasteiger partial charge in [0.2, 0.25) is 0 Å². The first-order chi connectivity index (χ1) is 8.20. The molecule has 1 unspecified atom stereocenters. The fourth-order valence-electron chi connectivity index (χ4n) is 1.72. The summed E-state index contributed by atoms with van der Waals surface area (Å²) in [5, 5.41) is 0. The van der Waals surface area contributed by atoms with E-state index in [2.05, 4.69) is 0 Å². The molecule has 0 radical (unpaired) electrons. The minimum atomic E-state index is -2.77. The van der Waals surface area contributed by atoms with E-state index in [9.17, 15) is 0 Å². The first kappa shape index (κ1) is 17.0. The SMILES string of the molecule is CCOC(CCN)[Si](OCC)(OCC)OCC. The average Bonchev–Trinajstić information content (AvgIpc) is 2.29. The van der Waals surface area contributed by atoms with Crippen LogP contribution in [0.5, 0.6) is 0 Å². The summed E-state index contributed by atoms with van der Waals surface area (Å²) in [7, 11) is -2.77. The highest BCUT2D eigenvalue weighted by Gasteiger charge is 2.49. The Morgan fingerprint density at radius 1 is 0.882 bits per heavy atom. The van der Waals surface area contributed by atoms with Gasteiger partial charge in [0.05, 0.1) is 0 Å². The van der Waals surface area contributed by atoms with E-state index in [1.165, 1.54) is 0 Å². The van der Waals surface area contributed by atoms with E-state index in [0.29, 0.717) is 39.4 Å². The predicted octanol–water partition coefficient (Wildman–Crippen LogP) is 1.33. The van der Waals surface area contributed by atoms with Gasteiger partial charge >= 0.3 is 8.80 Å². The van der Waals surface area contributed by atoms with E-state index < -0.39 is 8.80 Å². The van der Waals surface area contributed by atoms with Crippen molar-refractivity contribution in [3.8, 4) is 0 Å². The number of ether oxygens (including phenoxy) is 1. The normalized spacial score (nSPS) is 13.9. The number of hydrogen-bond acceptors (Lipinski definition) is 5. The molecule has 0 saturated carbocycles. The molecule has 0 aromatic rings. The third-order valence-corrected chi connectivity index (χ3v) is 5.54. The summed E-state index contributed by atoms with van der Waals surface area (Å²) in [5.74, 6) is 0. The summed E-state index contributed by atoms with van der Waals surface area (Å²) in [5.41, 5.74) is 5.45. The molecule has 6 heteroatoms. The van der Waals surface area contributed by atoms with E-state index in [4.69, 9.17) is 23.7 Å². The van der Waals surface area contributed by atoms with E-state index >= 15 is 0 Å². The van der Waals surface area contributed by atoms with Crippen molar-refractivity contribution in [3.63, 3.8) is 0 Å². The third kappa shape index (κ3) is 5.46. The van der Waals surface area contributed by atoms with Crippen LogP contribution in [0.3, 0.4) is 0 Å². The Morgan fingerprint density at radius 3 is 1.65 bits per heavy atom. The van der Waals surface area contributed by atoms with Crippen molar-refractivity contribution in [2.24, 2.45) is 5.73 Å². The Morgan fingerprint density at radius 2 is 1.35 bits per heavy atom. The van der Waals surface area contributed by atoms with Gasteiger partial charge in [-0.25, -0.2) is 0 Å². The Bertz CT molecular complexity index is 160. The highest BCUT2D eigenvalue weighted by molar-refractivity contribution is 6.62. The quantitative estimate of drug-likeness (QED) is 0.571. The molecule has 1 atom stereocenters. The molecule has 0 aliphatic carbocycles. The fraction of sp³-hybridized carbons (Fsp3) is 1.00. The van der Waals surface area contributed by atoms with Crippen molar-refractivity contribution in [2.45, 2.75) is 39.8 Å². The van der Waals surface area contributed by atoms with Crippen molar-refractivity contribution in [3.05, 3.63) is 0 Å². The Balaban J connectivity index is 4.87. The molecule has 5 nitrogen and oxygen atoms in total. The molecule has 0 saturated heterocycles. The summed E-state index contributed by atoms with van der Waals surface area (Å²) in [6, 6.07) is 0. The molecule has 0 aliphatic heterocycles. The third-order valence-electron chi connectivity index (χ3n) is 2.23. The van der Waals surface area contributed by atoms with E-state index in [1.807, 2.05) is 27.7 Å². The first-order valence-corrected chi connectivity index (χ1v) is 8.24. The molecular weight excluding hydrogens is 238 g/mol. The van der Waals surface area contributed by atoms with Crippen LogP contribution in [0.2, 0.25) is 0 Å². The van der Waals surface area contributed by atoms with Gasteiger partial charge in [0.15, 0.2) is 0 Å². The fourth-order valence-corrected chi connectivity index (χ4v) is 4.63. The van der Waals surface area contributed by atoms with Crippen molar-refractivity contribution in [1.29, 1.82) is 0 Å². The van der Waals surface area contributed by atoms with Gasteiger partial charge in [-0.2, -0.15) is 0 Å². The average molecular weight is 265 g/mol. The van der Waals surface area contributed by atoms with Crippen LogP contribution < -0.4 is 5.73 Å². The molecular formula is C11H27NO4Si. The lowest BCUT2D eigenvalue weighted by Gasteiger charge is -2.34. The second-order valence-electron chi connectivity index (χ2n) is 3.42. The summed E-state index contributed by atoms with van der Waals surface area (Å²) >= 11 is 0. The van der Waals surface area contributed by atoms with E-state index in [-0.39, 0.29) is 5.73 Å². The second-order valence-corrected chi connectivity index (χ2v) is 6.14. The lowest BCUT2D eigenvalue weighted by molar-refractivity contribution is -0.00850. The standard InChI is InChI=1S/C11H27NO4Si/c1-5-13-11(9-10-12)17(14-6-2,15-7-3)16-8-4/h11H,5-10,12H2,1-4H3. The zero-order chi connectivity index (χ0) is 13.1. The minimum Gasteiger partial charge on any atom is -0.374 e. The number of rotatable bonds is 11. The van der Waals surface area contributed by atoms with E-state index in [1.54, 1.807) is 0 Å². The molecule has 104 valence electrons. The monoisotopic (exact) mass is 265 g/mol. The topological polar surface area (TPSA) is 62.9 Å². The number of nitrogens with two attached hydrogens (primary N) is 1. The van der Waals surface area contributed by atoms with Gasteiger partial charge in [-0.05, 0) is 40.7 Å². The van der Waals surface area contributed by atoms with Crippen LogP contribution in [0.25, 0.3) is 0 Å². The molecule has 0 aliphatic rings. The summed E-state index contributed by atoms with van der Waals surface area (Å²) in [6.45, 7) is 10.6. The Labute approximate surface area is 106 Å². The molecule has 0 amide bonds. The van der Waals surface area contributed by atoms with Crippen LogP contribution in [0.1, 0.15) is 34.1 Å². The van der Waals surface area contributed by atoms with Gasteiger partial charge in [0.1, 0.15) is 5.73 Å². The largest absolute Gasteiger partial charge is 0.531 e. The van der Waals surface area contributed by atoms with Gasteiger partial charge in [-0.1, -0.05) is 0 Å². The van der Waals surface area contributed by atoms with Gasteiger partial charge < -0.3 is 23.7 Å². The van der Waals surface area contributed by atoms with Crippen molar-refractivity contribution in [1.82, 2.24) is 0 Å². The molecule has 17 heavy (non-hydrogen) atoms. The molecule has 0 aromatic heterocycles. The van der Waals surface area contributed by atoms with Gasteiger partial charge in [-0.15, -0.1) is 0 Å². The van der Waals surface area contributed by atoms with Crippen LogP contribution >= 0.6 is 0 Å². The van der Waals surface area contributed by atoms with Gasteiger partial charge in [0.25, 0.3) is 0 Å². The zero-order valence-electron chi connectivity index (χ0n) is 11.5. The molecule has 0 spiro atoms. The van der Waals surface area contributed by atoms with Crippen LogP contribution in [-0.4, -0.2) is 47.5 Å². The molecule has 0 fully saturated rings. The maximum atomic E-state index is 5.79. The highest BCUT2D eigenvalue weighted by atomic mass is 28.4. The minimum absolute atomic E-state index is 0.169. The maximum Gasteiger partial charge on any atom is 0.531 e. The second kappa shape index (κ2) is 9.99. The highest BCUT2D eigenvalue weighted by Crippen LogP contribution is 2.20. The van der Waals surface area contributed by atoms with Crippen LogP contribution in [0, 0.1) is 0 Å². The van der Waals surface area contributed by atoms with Crippen molar-refractivity contribution < 1.29 is 18.0 Å². The lowest BCUT2D eigenvalue weighted by Crippen LogP contribution is -2.58.